The SMILES string of the molecule is CCOc1ccccc1Oc1coc2cc(OCc3ccccc3Cl)ccc2c1=O. The van der Waals surface area contributed by atoms with Crippen molar-refractivity contribution in [1.29, 1.82) is 0 Å². The van der Waals surface area contributed by atoms with Gasteiger partial charge in [-0.15, -0.1) is 0 Å². The molecule has 4 aromatic rings. The molecule has 6 heteroatoms. The van der Waals surface area contributed by atoms with E-state index in [1.807, 2.05) is 43.3 Å². The van der Waals surface area contributed by atoms with Crippen LogP contribution in [0.4, 0.5) is 0 Å². The van der Waals surface area contributed by atoms with Gasteiger partial charge in [0.15, 0.2) is 11.5 Å². The highest BCUT2D eigenvalue weighted by atomic mass is 35.5. The van der Waals surface area contributed by atoms with Crippen molar-refractivity contribution in [2.45, 2.75) is 13.5 Å². The molecule has 152 valence electrons. The fraction of sp³-hybridized carbons (Fsp3) is 0.125. The van der Waals surface area contributed by atoms with Crippen LogP contribution in [0, 0.1) is 0 Å². The maximum Gasteiger partial charge on any atom is 0.235 e. The maximum absolute atomic E-state index is 12.9. The Bertz CT molecular complexity index is 1230. The highest BCUT2D eigenvalue weighted by Gasteiger charge is 2.13. The minimum absolute atomic E-state index is 0.0828. The van der Waals surface area contributed by atoms with E-state index in [0.717, 1.165) is 5.56 Å². The molecule has 0 aliphatic heterocycles. The first-order chi connectivity index (χ1) is 14.7. The molecule has 0 bridgehead atoms. The molecule has 4 rings (SSSR count). The fourth-order valence-corrected chi connectivity index (χ4v) is 3.15. The van der Waals surface area contributed by atoms with Crippen molar-refractivity contribution >= 4 is 22.6 Å². The van der Waals surface area contributed by atoms with Gasteiger partial charge < -0.3 is 18.6 Å². The zero-order valence-corrected chi connectivity index (χ0v) is 17.0. The molecule has 1 heterocycles. The average molecular weight is 423 g/mol. The van der Waals surface area contributed by atoms with E-state index in [-0.39, 0.29) is 11.2 Å². The highest BCUT2D eigenvalue weighted by Crippen LogP contribution is 2.31. The summed E-state index contributed by atoms with van der Waals surface area (Å²) in [5.74, 6) is 1.66. The van der Waals surface area contributed by atoms with Gasteiger partial charge in [-0.05, 0) is 37.3 Å². The molecule has 3 aromatic carbocycles. The third kappa shape index (κ3) is 4.26. The van der Waals surface area contributed by atoms with Crippen LogP contribution in [-0.2, 0) is 6.61 Å². The van der Waals surface area contributed by atoms with Crippen LogP contribution in [-0.4, -0.2) is 6.61 Å². The van der Waals surface area contributed by atoms with Crippen molar-refractivity contribution in [3.63, 3.8) is 0 Å². The van der Waals surface area contributed by atoms with Gasteiger partial charge in [-0.1, -0.05) is 41.9 Å². The number of hydrogen-bond donors (Lipinski definition) is 0. The Hall–Kier alpha value is -3.44. The standard InChI is InChI=1S/C24H19ClO5/c1-2-27-20-9-5-6-10-21(20)30-23-15-29-22-13-17(11-12-18(22)24(23)26)28-14-16-7-3-4-8-19(16)25/h3-13,15H,2,14H2,1H3. The smallest absolute Gasteiger partial charge is 0.235 e. The van der Waals surface area contributed by atoms with E-state index in [1.54, 1.807) is 30.3 Å². The van der Waals surface area contributed by atoms with Gasteiger partial charge in [0, 0.05) is 16.7 Å². The van der Waals surface area contributed by atoms with E-state index in [0.29, 0.717) is 46.5 Å². The summed E-state index contributed by atoms with van der Waals surface area (Å²) in [4.78, 5) is 12.9. The summed E-state index contributed by atoms with van der Waals surface area (Å²) in [5.41, 5.74) is 1.000. The molecule has 0 saturated heterocycles. The summed E-state index contributed by atoms with van der Waals surface area (Å²) in [6.45, 7) is 2.68. The van der Waals surface area contributed by atoms with E-state index in [1.165, 1.54) is 6.26 Å². The Morgan fingerprint density at radius 1 is 0.900 bits per heavy atom. The summed E-state index contributed by atoms with van der Waals surface area (Å²) in [6, 6.07) is 19.7. The predicted octanol–water partition coefficient (Wildman–Crippen LogP) is 6.22. The van der Waals surface area contributed by atoms with Gasteiger partial charge in [-0.2, -0.15) is 0 Å². The number of fused-ring (bicyclic) bond motifs is 1. The van der Waals surface area contributed by atoms with Crippen LogP contribution >= 0.6 is 11.6 Å². The zero-order chi connectivity index (χ0) is 20.9. The lowest BCUT2D eigenvalue weighted by Gasteiger charge is -2.11. The van der Waals surface area contributed by atoms with Crippen LogP contribution in [0.5, 0.6) is 23.0 Å². The molecule has 5 nitrogen and oxygen atoms in total. The summed E-state index contributed by atoms with van der Waals surface area (Å²) in [5, 5.41) is 1.03. The van der Waals surface area contributed by atoms with Crippen molar-refractivity contribution in [3.8, 4) is 23.0 Å². The largest absolute Gasteiger partial charge is 0.490 e. The molecule has 0 aliphatic rings. The molecule has 0 aliphatic carbocycles. The number of ether oxygens (including phenoxy) is 3. The lowest BCUT2D eigenvalue weighted by molar-refractivity contribution is 0.306. The van der Waals surface area contributed by atoms with E-state index >= 15 is 0 Å². The quantitative estimate of drug-likeness (QED) is 0.354. The summed E-state index contributed by atoms with van der Waals surface area (Å²) in [7, 11) is 0. The van der Waals surface area contributed by atoms with Gasteiger partial charge in [-0.3, -0.25) is 4.79 Å². The molecule has 0 amide bonds. The van der Waals surface area contributed by atoms with Gasteiger partial charge in [0.1, 0.15) is 24.2 Å². The van der Waals surface area contributed by atoms with Crippen LogP contribution in [0.3, 0.4) is 0 Å². The first-order valence-electron chi connectivity index (χ1n) is 9.47. The lowest BCUT2D eigenvalue weighted by atomic mass is 10.2. The molecular weight excluding hydrogens is 404 g/mol. The molecule has 0 unspecified atom stereocenters. The summed E-state index contributed by atoms with van der Waals surface area (Å²) in [6.07, 6.45) is 1.30. The first-order valence-corrected chi connectivity index (χ1v) is 9.85. The number of rotatable bonds is 7. The number of benzene rings is 3. The number of halogens is 1. The van der Waals surface area contributed by atoms with E-state index in [9.17, 15) is 4.79 Å². The predicted molar refractivity (Wildman–Crippen MR) is 116 cm³/mol. The molecule has 0 N–H and O–H groups in total. The Labute approximate surface area is 178 Å². The van der Waals surface area contributed by atoms with Crippen molar-refractivity contribution < 1.29 is 18.6 Å². The molecule has 30 heavy (non-hydrogen) atoms. The third-order valence-electron chi connectivity index (χ3n) is 4.44. The lowest BCUT2D eigenvalue weighted by Crippen LogP contribution is -2.06. The third-order valence-corrected chi connectivity index (χ3v) is 4.80. The Kier molecular flexibility index (Phi) is 5.91. The molecule has 0 saturated carbocycles. The van der Waals surface area contributed by atoms with Gasteiger partial charge >= 0.3 is 0 Å². The van der Waals surface area contributed by atoms with E-state index in [4.69, 9.17) is 30.2 Å². The monoisotopic (exact) mass is 422 g/mol. The van der Waals surface area contributed by atoms with Crippen molar-refractivity contribution in [2.75, 3.05) is 6.61 Å². The molecular formula is C24H19ClO5. The molecule has 0 radical (unpaired) electrons. The average Bonchev–Trinajstić information content (AvgIpc) is 2.76. The van der Waals surface area contributed by atoms with Gasteiger partial charge in [-0.25, -0.2) is 0 Å². The topological polar surface area (TPSA) is 57.9 Å². The minimum atomic E-state index is -0.278. The molecule has 0 atom stereocenters. The Morgan fingerprint density at radius 3 is 2.47 bits per heavy atom. The van der Waals surface area contributed by atoms with Crippen LogP contribution < -0.4 is 19.6 Å². The van der Waals surface area contributed by atoms with Crippen LogP contribution in [0.25, 0.3) is 11.0 Å². The van der Waals surface area contributed by atoms with Crippen molar-refractivity contribution in [3.05, 3.63) is 93.8 Å². The van der Waals surface area contributed by atoms with Gasteiger partial charge in [0.25, 0.3) is 0 Å². The zero-order valence-electron chi connectivity index (χ0n) is 16.3. The normalized spacial score (nSPS) is 10.7. The Morgan fingerprint density at radius 2 is 1.67 bits per heavy atom. The van der Waals surface area contributed by atoms with E-state index in [2.05, 4.69) is 0 Å². The Balaban J connectivity index is 1.57. The summed E-state index contributed by atoms with van der Waals surface area (Å²) >= 11 is 6.16. The minimum Gasteiger partial charge on any atom is -0.490 e. The second-order valence-corrected chi connectivity index (χ2v) is 6.86. The first kappa shape index (κ1) is 19.9. The highest BCUT2D eigenvalue weighted by molar-refractivity contribution is 6.31. The fourth-order valence-electron chi connectivity index (χ4n) is 2.96. The molecule has 0 fully saturated rings. The van der Waals surface area contributed by atoms with E-state index < -0.39 is 0 Å². The van der Waals surface area contributed by atoms with Crippen LogP contribution in [0.15, 0.2) is 82.2 Å². The maximum atomic E-state index is 12.9. The van der Waals surface area contributed by atoms with Gasteiger partial charge in [0.05, 0.1) is 12.0 Å². The number of hydrogen-bond acceptors (Lipinski definition) is 5. The van der Waals surface area contributed by atoms with Crippen LogP contribution in [0.1, 0.15) is 12.5 Å². The number of para-hydroxylation sites is 2. The van der Waals surface area contributed by atoms with Crippen LogP contribution in [0.2, 0.25) is 5.02 Å². The molecule has 1 aromatic heterocycles. The van der Waals surface area contributed by atoms with Gasteiger partial charge in [0.2, 0.25) is 11.2 Å². The van der Waals surface area contributed by atoms with Crippen molar-refractivity contribution in [2.24, 2.45) is 0 Å². The second-order valence-electron chi connectivity index (χ2n) is 6.45. The second kappa shape index (κ2) is 8.93. The molecule has 0 spiro atoms. The van der Waals surface area contributed by atoms with Crippen molar-refractivity contribution in [1.82, 2.24) is 0 Å². The summed E-state index contributed by atoms with van der Waals surface area (Å²) < 4.78 is 22.7.